The smallest absolute Gasteiger partial charge is 0.333 e. The van der Waals surface area contributed by atoms with E-state index in [1.807, 2.05) is 30.3 Å². The average Bonchev–Trinajstić information content (AvgIpc) is 3.67. The molecule has 3 fully saturated rings. The highest BCUT2D eigenvalue weighted by Crippen LogP contribution is 2.82. The lowest BCUT2D eigenvalue weighted by molar-refractivity contribution is -0.181. The Bertz CT molecular complexity index is 2410. The molecule has 9 rings (SSSR count). The predicted molar refractivity (Wildman–Crippen MR) is 228 cm³/mol. The molecule has 0 aromatic heterocycles. The number of Topliss-reactive ketones (excluding diaryl/α,β-unsaturated/α-hetero) is 2. The van der Waals surface area contributed by atoms with Gasteiger partial charge in [0.2, 0.25) is 0 Å². The number of esters is 1. The van der Waals surface area contributed by atoms with Gasteiger partial charge in [0, 0.05) is 57.6 Å². The zero-order chi connectivity index (χ0) is 42.8. The summed E-state index contributed by atoms with van der Waals surface area (Å²) in [7, 11) is 1.36. The van der Waals surface area contributed by atoms with Gasteiger partial charge in [-0.05, 0) is 97.4 Å². The monoisotopic (exact) mass is 814 g/mol. The number of nitrogens with one attached hydrogen (secondary N) is 1. The molecule has 2 aromatic carbocycles. The number of hydrogen-bond donors (Lipinski definition) is 2. The SMILES string of the molecule is COC(=O)C(C)=CCC1C(=O)C2(C)C3C4=C(c5ccccc5C4=O)N4CCC45c4c(ONO)c6c(c(CC=C(C)C)c4OC1(C2C(C)C)C35)OC(C)(CCC=C(C)C)C=C6. The standard InChI is InChI=1S/C50H58N2O8/c1-26(2)14-13-22-47(8)23-21-33-40(58-47)32(19-17-27(3)4)41-37(42(33)60-51-56)49-24-25-52(49)38-30-15-11-12-16-31(30)39(53)35(38)36-44(49)50(59-41)34(20-18-29(7)46(55)57-10)45(54)48(36,9)43(50)28(5)6/h11-12,14-18,21,23,28,34,36,43-44,51,56H,13,19-20,22,24-25H2,1-10H3. The van der Waals surface area contributed by atoms with Crippen molar-refractivity contribution < 1.29 is 38.6 Å². The van der Waals surface area contributed by atoms with Gasteiger partial charge in [0.25, 0.3) is 0 Å². The second kappa shape index (κ2) is 13.8. The van der Waals surface area contributed by atoms with E-state index in [2.05, 4.69) is 90.2 Å². The lowest BCUT2D eigenvalue weighted by Crippen LogP contribution is -2.74. The Morgan fingerprint density at radius 1 is 1.02 bits per heavy atom. The second-order valence-corrected chi connectivity index (χ2v) is 19.4. The van der Waals surface area contributed by atoms with Crippen LogP contribution in [0.1, 0.15) is 121 Å². The first kappa shape index (κ1) is 40.5. The van der Waals surface area contributed by atoms with E-state index in [-0.39, 0.29) is 35.7 Å². The van der Waals surface area contributed by atoms with Crippen molar-refractivity contribution in [2.45, 2.75) is 111 Å². The highest BCUT2D eigenvalue weighted by Gasteiger charge is 2.88. The van der Waals surface area contributed by atoms with Crippen LogP contribution in [0.15, 0.2) is 70.9 Å². The van der Waals surface area contributed by atoms with Gasteiger partial charge in [-0.25, -0.2) is 4.79 Å². The molecule has 0 amide bonds. The summed E-state index contributed by atoms with van der Waals surface area (Å²) in [5, 5.41) is 10.5. The van der Waals surface area contributed by atoms with Crippen LogP contribution in [0.4, 0.5) is 0 Å². The first-order valence-electron chi connectivity index (χ1n) is 21.6. The molecule has 8 atom stereocenters. The van der Waals surface area contributed by atoms with Gasteiger partial charge >= 0.3 is 5.97 Å². The highest BCUT2D eigenvalue weighted by molar-refractivity contribution is 6.22. The van der Waals surface area contributed by atoms with E-state index in [0.717, 1.165) is 40.8 Å². The van der Waals surface area contributed by atoms with E-state index in [1.54, 1.807) is 6.92 Å². The van der Waals surface area contributed by atoms with Gasteiger partial charge in [0.1, 0.15) is 28.5 Å². The van der Waals surface area contributed by atoms with Crippen LogP contribution in [-0.2, 0) is 26.3 Å². The molecule has 10 heteroatoms. The Labute approximate surface area is 353 Å². The number of nitrogens with zero attached hydrogens (tertiary/aromatic N) is 1. The van der Waals surface area contributed by atoms with Gasteiger partial charge in [-0.3, -0.25) is 14.8 Å². The zero-order valence-corrected chi connectivity index (χ0v) is 36.6. The van der Waals surface area contributed by atoms with E-state index in [1.165, 1.54) is 12.7 Å². The summed E-state index contributed by atoms with van der Waals surface area (Å²) >= 11 is 0. The Kier molecular flexibility index (Phi) is 9.31. The van der Waals surface area contributed by atoms with E-state index < -0.39 is 40.0 Å². The molecule has 2 aromatic rings. The molecule has 8 unspecified atom stereocenters. The minimum absolute atomic E-state index is 0.0264. The molecule has 7 aliphatic rings. The fourth-order valence-electron chi connectivity index (χ4n) is 13.2. The number of allylic oxidation sites excluding steroid dienone is 6. The highest BCUT2D eigenvalue weighted by atomic mass is 16.8. The molecule has 3 aliphatic carbocycles. The molecule has 4 aliphatic heterocycles. The number of carbonyl (C=O) groups excluding carboxylic acids is 3. The summed E-state index contributed by atoms with van der Waals surface area (Å²) in [4.78, 5) is 52.1. The van der Waals surface area contributed by atoms with Crippen LogP contribution in [0.5, 0.6) is 17.2 Å². The number of carbonyl (C=O) groups is 3. The number of fused-ring (bicyclic) bond motifs is 8. The van der Waals surface area contributed by atoms with Crippen LogP contribution < -0.4 is 20.0 Å². The van der Waals surface area contributed by atoms with Crippen molar-refractivity contribution in [3.05, 3.63) is 98.7 Å². The third-order valence-electron chi connectivity index (χ3n) is 15.2. The third-order valence-corrected chi connectivity index (χ3v) is 15.2. The first-order chi connectivity index (χ1) is 28.5. The van der Waals surface area contributed by atoms with Crippen LogP contribution in [0.3, 0.4) is 0 Å². The van der Waals surface area contributed by atoms with Crippen LogP contribution in [-0.4, -0.2) is 52.5 Å². The van der Waals surface area contributed by atoms with Gasteiger partial charge in [-0.1, -0.05) is 74.4 Å². The van der Waals surface area contributed by atoms with Crippen molar-refractivity contribution >= 4 is 29.3 Å². The molecule has 10 nitrogen and oxygen atoms in total. The van der Waals surface area contributed by atoms with Gasteiger partial charge in [-0.15, -0.1) is 0 Å². The summed E-state index contributed by atoms with van der Waals surface area (Å²) in [5.74, 6) is -0.609. The molecular weight excluding hydrogens is 757 g/mol. The van der Waals surface area contributed by atoms with Crippen LogP contribution in [0, 0.1) is 35.0 Å². The van der Waals surface area contributed by atoms with Crippen molar-refractivity contribution in [2.75, 3.05) is 13.7 Å². The number of ketones is 2. The Balaban J connectivity index is 1.39. The van der Waals surface area contributed by atoms with Crippen molar-refractivity contribution in [3.63, 3.8) is 0 Å². The topological polar surface area (TPSA) is 124 Å². The van der Waals surface area contributed by atoms with E-state index >= 15 is 4.79 Å². The van der Waals surface area contributed by atoms with Gasteiger partial charge < -0.3 is 23.9 Å². The van der Waals surface area contributed by atoms with Crippen molar-refractivity contribution in [1.29, 1.82) is 0 Å². The normalized spacial score (nSPS) is 32.2. The molecule has 316 valence electrons. The maximum atomic E-state index is 15.7. The lowest BCUT2D eigenvalue weighted by atomic mass is 9.49. The number of ether oxygens (including phenoxy) is 3. The Morgan fingerprint density at radius 2 is 1.73 bits per heavy atom. The van der Waals surface area contributed by atoms with Crippen molar-refractivity contribution in [2.24, 2.45) is 35.0 Å². The van der Waals surface area contributed by atoms with Crippen LogP contribution in [0.2, 0.25) is 0 Å². The molecule has 2 saturated carbocycles. The van der Waals surface area contributed by atoms with Crippen molar-refractivity contribution in [3.8, 4) is 17.2 Å². The average molecular weight is 815 g/mol. The molecule has 60 heavy (non-hydrogen) atoms. The van der Waals surface area contributed by atoms with E-state index in [9.17, 15) is 14.8 Å². The number of methoxy groups -OCH3 is 1. The summed E-state index contributed by atoms with van der Waals surface area (Å²) in [6.07, 6.45) is 13.4. The van der Waals surface area contributed by atoms with Gasteiger partial charge in [0.05, 0.1) is 35.4 Å². The van der Waals surface area contributed by atoms with Crippen LogP contribution in [0.25, 0.3) is 11.8 Å². The summed E-state index contributed by atoms with van der Waals surface area (Å²) in [5.41, 5.74) is 6.75. The number of benzene rings is 2. The number of rotatable bonds is 11. The molecule has 2 bridgehead atoms. The third kappa shape index (κ3) is 5.09. The fourth-order valence-corrected chi connectivity index (χ4v) is 13.2. The molecule has 2 N–H and O–H groups in total. The van der Waals surface area contributed by atoms with Gasteiger partial charge in [0.15, 0.2) is 11.5 Å². The maximum absolute atomic E-state index is 15.7. The maximum Gasteiger partial charge on any atom is 0.333 e. The minimum atomic E-state index is -1.11. The molecule has 2 spiro atoms. The van der Waals surface area contributed by atoms with Crippen LogP contribution >= 0.6 is 0 Å². The summed E-state index contributed by atoms with van der Waals surface area (Å²) < 4.78 is 20.2. The van der Waals surface area contributed by atoms with Gasteiger partial charge in [-0.2, -0.15) is 0 Å². The molecule has 4 heterocycles. The molecule has 0 radical (unpaired) electrons. The minimum Gasteiger partial charge on any atom is -0.485 e. The fraction of sp³-hybridized carbons (Fsp3) is 0.500. The van der Waals surface area contributed by atoms with E-state index in [4.69, 9.17) is 19.0 Å². The number of hydrogen-bond acceptors (Lipinski definition) is 10. The zero-order valence-electron chi connectivity index (χ0n) is 36.6. The Hall–Kier alpha value is -4.93. The summed E-state index contributed by atoms with van der Waals surface area (Å²) in [6.45, 7) is 19.3. The van der Waals surface area contributed by atoms with E-state index in [0.29, 0.717) is 58.9 Å². The molecule has 1 saturated heterocycles. The first-order valence-corrected chi connectivity index (χ1v) is 21.6. The Morgan fingerprint density at radius 3 is 2.37 bits per heavy atom. The second-order valence-electron chi connectivity index (χ2n) is 19.4. The predicted octanol–water partition coefficient (Wildman–Crippen LogP) is 9.26. The largest absolute Gasteiger partial charge is 0.485 e. The van der Waals surface area contributed by atoms with Crippen molar-refractivity contribution in [1.82, 2.24) is 10.5 Å². The summed E-state index contributed by atoms with van der Waals surface area (Å²) in [6, 6.07) is 7.82. The molecular formula is C50H58N2O8. The quantitative estimate of drug-likeness (QED) is 0.0983. The lowest BCUT2D eigenvalue weighted by Gasteiger charge is -2.69.